The van der Waals surface area contributed by atoms with Crippen LogP contribution in [0.15, 0.2) is 5.16 Å². The van der Waals surface area contributed by atoms with Crippen LogP contribution in [-0.2, 0) is 9.53 Å². The molecule has 94 valence electrons. The van der Waals surface area contributed by atoms with Crippen LogP contribution in [0.3, 0.4) is 0 Å². The standard InChI is InChI=1S/C10H21N3O3/c1-3-13(7-6-9(11)12-15)10(14)5-4-8-16-2/h15H,3-8H2,1-2H3,(H2,11,12). The first-order valence-corrected chi connectivity index (χ1v) is 5.38. The Morgan fingerprint density at radius 2 is 2.19 bits per heavy atom. The SMILES string of the molecule is CCN(CCC(N)=NO)C(=O)CCCOC. The molecule has 0 saturated carbocycles. The molecule has 0 aliphatic heterocycles. The number of amidine groups is 1. The lowest BCUT2D eigenvalue weighted by molar-refractivity contribution is -0.131. The summed E-state index contributed by atoms with van der Waals surface area (Å²) in [7, 11) is 1.61. The van der Waals surface area contributed by atoms with Gasteiger partial charge in [-0.3, -0.25) is 4.79 Å². The number of oxime groups is 1. The van der Waals surface area contributed by atoms with Gasteiger partial charge in [0.15, 0.2) is 0 Å². The van der Waals surface area contributed by atoms with Crippen molar-refractivity contribution in [2.45, 2.75) is 26.2 Å². The first kappa shape index (κ1) is 14.7. The van der Waals surface area contributed by atoms with Gasteiger partial charge in [0.05, 0.1) is 0 Å². The van der Waals surface area contributed by atoms with E-state index < -0.39 is 0 Å². The predicted octanol–water partition coefficient (Wildman–Crippen LogP) is 0.398. The fraction of sp³-hybridized carbons (Fsp3) is 0.800. The molecule has 0 radical (unpaired) electrons. The van der Waals surface area contributed by atoms with Crippen molar-refractivity contribution in [1.29, 1.82) is 0 Å². The van der Waals surface area contributed by atoms with Crippen molar-refractivity contribution in [3.63, 3.8) is 0 Å². The molecule has 0 atom stereocenters. The molecule has 0 rings (SSSR count). The molecule has 0 spiro atoms. The van der Waals surface area contributed by atoms with E-state index >= 15 is 0 Å². The summed E-state index contributed by atoms with van der Waals surface area (Å²) in [6.45, 7) is 3.60. The largest absolute Gasteiger partial charge is 0.409 e. The van der Waals surface area contributed by atoms with Gasteiger partial charge < -0.3 is 20.6 Å². The van der Waals surface area contributed by atoms with Crippen LogP contribution in [0.2, 0.25) is 0 Å². The minimum absolute atomic E-state index is 0.0743. The lowest BCUT2D eigenvalue weighted by Crippen LogP contribution is -2.33. The number of carbonyl (C=O) groups excluding carboxylic acids is 1. The number of hydrogen-bond acceptors (Lipinski definition) is 4. The van der Waals surface area contributed by atoms with Gasteiger partial charge >= 0.3 is 0 Å². The fourth-order valence-corrected chi connectivity index (χ4v) is 1.28. The summed E-state index contributed by atoms with van der Waals surface area (Å²) in [6.07, 6.45) is 1.58. The van der Waals surface area contributed by atoms with Crippen molar-refractivity contribution in [3.05, 3.63) is 0 Å². The van der Waals surface area contributed by atoms with Gasteiger partial charge in [0, 0.05) is 39.6 Å². The zero-order chi connectivity index (χ0) is 12.4. The van der Waals surface area contributed by atoms with Crippen LogP contribution in [0, 0.1) is 0 Å². The minimum atomic E-state index is 0.0743. The van der Waals surface area contributed by atoms with Crippen molar-refractivity contribution in [3.8, 4) is 0 Å². The van der Waals surface area contributed by atoms with Crippen LogP contribution in [0.1, 0.15) is 26.2 Å². The molecular weight excluding hydrogens is 210 g/mol. The molecule has 0 saturated heterocycles. The number of ether oxygens (including phenoxy) is 1. The number of nitrogens with zero attached hydrogens (tertiary/aromatic N) is 2. The van der Waals surface area contributed by atoms with E-state index in [1.807, 2.05) is 6.92 Å². The third kappa shape index (κ3) is 6.23. The highest BCUT2D eigenvalue weighted by Gasteiger charge is 2.11. The van der Waals surface area contributed by atoms with Crippen molar-refractivity contribution < 1.29 is 14.7 Å². The molecular formula is C10H21N3O3. The third-order valence-corrected chi connectivity index (χ3v) is 2.24. The monoisotopic (exact) mass is 231 g/mol. The van der Waals surface area contributed by atoms with E-state index in [1.54, 1.807) is 12.0 Å². The maximum Gasteiger partial charge on any atom is 0.222 e. The molecule has 0 fully saturated rings. The Bertz CT molecular complexity index is 231. The molecule has 0 aliphatic rings. The van der Waals surface area contributed by atoms with Crippen molar-refractivity contribution >= 4 is 11.7 Å². The van der Waals surface area contributed by atoms with Gasteiger partial charge in [-0.15, -0.1) is 0 Å². The highest BCUT2D eigenvalue weighted by Crippen LogP contribution is 1.99. The van der Waals surface area contributed by atoms with Crippen LogP contribution in [0.4, 0.5) is 0 Å². The summed E-state index contributed by atoms with van der Waals surface area (Å²) in [4.78, 5) is 13.4. The summed E-state index contributed by atoms with van der Waals surface area (Å²) in [5.41, 5.74) is 5.34. The number of hydrogen-bond donors (Lipinski definition) is 2. The molecule has 0 aromatic carbocycles. The van der Waals surface area contributed by atoms with E-state index in [4.69, 9.17) is 15.7 Å². The highest BCUT2D eigenvalue weighted by molar-refractivity contribution is 5.81. The second kappa shape index (κ2) is 8.96. The maximum atomic E-state index is 11.7. The summed E-state index contributed by atoms with van der Waals surface area (Å²) < 4.78 is 4.88. The number of amides is 1. The molecule has 0 aliphatic carbocycles. The van der Waals surface area contributed by atoms with Crippen molar-refractivity contribution in [2.24, 2.45) is 10.9 Å². The van der Waals surface area contributed by atoms with Crippen LogP contribution < -0.4 is 5.73 Å². The Kier molecular flexibility index (Phi) is 8.24. The topological polar surface area (TPSA) is 88.1 Å². The Balaban J connectivity index is 3.92. The number of rotatable bonds is 8. The zero-order valence-corrected chi connectivity index (χ0v) is 9.98. The molecule has 0 aromatic rings. The highest BCUT2D eigenvalue weighted by atomic mass is 16.5. The lowest BCUT2D eigenvalue weighted by Gasteiger charge is -2.20. The van der Waals surface area contributed by atoms with Gasteiger partial charge in [0.1, 0.15) is 5.84 Å². The van der Waals surface area contributed by atoms with E-state index in [-0.39, 0.29) is 11.7 Å². The Labute approximate surface area is 96.0 Å². The lowest BCUT2D eigenvalue weighted by atomic mass is 10.2. The van der Waals surface area contributed by atoms with Gasteiger partial charge in [-0.25, -0.2) is 0 Å². The molecule has 1 amide bonds. The Morgan fingerprint density at radius 1 is 1.50 bits per heavy atom. The maximum absolute atomic E-state index is 11.7. The molecule has 0 unspecified atom stereocenters. The number of methoxy groups -OCH3 is 1. The second-order valence-corrected chi connectivity index (χ2v) is 3.41. The van der Waals surface area contributed by atoms with E-state index in [0.29, 0.717) is 32.5 Å². The Morgan fingerprint density at radius 3 is 2.69 bits per heavy atom. The normalized spacial score (nSPS) is 11.5. The molecule has 0 aromatic heterocycles. The summed E-state index contributed by atoms with van der Waals surface area (Å²) in [5.74, 6) is 0.216. The minimum Gasteiger partial charge on any atom is -0.409 e. The summed E-state index contributed by atoms with van der Waals surface area (Å²) in [5, 5.41) is 11.2. The first-order valence-electron chi connectivity index (χ1n) is 5.38. The predicted molar refractivity (Wildman–Crippen MR) is 61.4 cm³/mol. The van der Waals surface area contributed by atoms with E-state index in [2.05, 4.69) is 5.16 Å². The van der Waals surface area contributed by atoms with E-state index in [1.165, 1.54) is 0 Å². The van der Waals surface area contributed by atoms with Gasteiger partial charge in [0.2, 0.25) is 5.91 Å². The molecule has 16 heavy (non-hydrogen) atoms. The average molecular weight is 231 g/mol. The van der Waals surface area contributed by atoms with Gasteiger partial charge in [-0.1, -0.05) is 5.16 Å². The van der Waals surface area contributed by atoms with Crippen LogP contribution >= 0.6 is 0 Å². The number of carbonyl (C=O) groups is 1. The van der Waals surface area contributed by atoms with Gasteiger partial charge in [-0.2, -0.15) is 0 Å². The quantitative estimate of drug-likeness (QED) is 0.208. The average Bonchev–Trinajstić information content (AvgIpc) is 2.29. The fourth-order valence-electron chi connectivity index (χ4n) is 1.28. The first-order chi connectivity index (χ1) is 7.65. The summed E-state index contributed by atoms with van der Waals surface area (Å²) in [6, 6.07) is 0. The molecule has 0 heterocycles. The Hall–Kier alpha value is -1.30. The van der Waals surface area contributed by atoms with Gasteiger partial charge in [0.25, 0.3) is 0 Å². The van der Waals surface area contributed by atoms with Crippen LogP contribution in [0.5, 0.6) is 0 Å². The number of nitrogens with two attached hydrogens (primary N) is 1. The van der Waals surface area contributed by atoms with Crippen LogP contribution in [0.25, 0.3) is 0 Å². The van der Waals surface area contributed by atoms with Crippen LogP contribution in [-0.4, -0.2) is 48.7 Å². The molecule has 3 N–H and O–H groups in total. The van der Waals surface area contributed by atoms with Crippen molar-refractivity contribution in [1.82, 2.24) is 4.90 Å². The third-order valence-electron chi connectivity index (χ3n) is 2.24. The van der Waals surface area contributed by atoms with Gasteiger partial charge in [-0.05, 0) is 13.3 Å². The molecule has 6 heteroatoms. The molecule has 6 nitrogen and oxygen atoms in total. The molecule has 0 bridgehead atoms. The van der Waals surface area contributed by atoms with Crippen molar-refractivity contribution in [2.75, 3.05) is 26.8 Å². The van der Waals surface area contributed by atoms with E-state index in [0.717, 1.165) is 6.42 Å². The second-order valence-electron chi connectivity index (χ2n) is 3.41. The van der Waals surface area contributed by atoms with E-state index in [9.17, 15) is 4.79 Å². The zero-order valence-electron chi connectivity index (χ0n) is 9.98. The summed E-state index contributed by atoms with van der Waals surface area (Å²) >= 11 is 0. The smallest absolute Gasteiger partial charge is 0.222 e.